The third kappa shape index (κ3) is 8.74. The van der Waals surface area contributed by atoms with Crippen LogP contribution < -0.4 is 5.32 Å². The molecule has 0 rings (SSSR count). The van der Waals surface area contributed by atoms with E-state index in [1.807, 2.05) is 0 Å². The number of halogens is 2. The molecule has 0 aliphatic rings. The van der Waals surface area contributed by atoms with Crippen molar-refractivity contribution in [1.82, 2.24) is 5.32 Å². The fourth-order valence-corrected chi connectivity index (χ4v) is 0.870. The average molecular weight is 251 g/mol. The number of carbonyl (C=O) groups excluding carboxylic acids is 2. The van der Waals surface area contributed by atoms with E-state index in [4.69, 9.17) is 0 Å². The molecule has 0 heterocycles. The zero-order valence-corrected chi connectivity index (χ0v) is 10.4. The topological polar surface area (TPSA) is 55.4 Å². The predicted molar refractivity (Wildman–Crippen MR) is 58.9 cm³/mol. The number of hydrogen-bond acceptors (Lipinski definition) is 3. The first-order valence-corrected chi connectivity index (χ1v) is 5.39. The highest BCUT2D eigenvalue weighted by molar-refractivity contribution is 5.89. The van der Waals surface area contributed by atoms with E-state index in [2.05, 4.69) is 10.1 Å². The molecule has 0 aromatic rings. The molecule has 0 bridgehead atoms. The number of amides is 1. The van der Waals surface area contributed by atoms with Crippen molar-refractivity contribution in [2.75, 3.05) is 19.8 Å². The smallest absolute Gasteiger partial charge is 0.261 e. The largest absolute Gasteiger partial charge is 0.375 e. The highest BCUT2D eigenvalue weighted by Crippen LogP contribution is 2.13. The van der Waals surface area contributed by atoms with Gasteiger partial charge in [-0.3, -0.25) is 9.59 Å². The molecule has 6 heteroatoms. The Balaban J connectivity index is 3.64. The van der Waals surface area contributed by atoms with Gasteiger partial charge in [-0.15, -0.1) is 0 Å². The summed E-state index contributed by atoms with van der Waals surface area (Å²) in [6.07, 6.45) is -2.55. The van der Waals surface area contributed by atoms with Crippen molar-refractivity contribution in [3.8, 4) is 0 Å². The minimum atomic E-state index is -2.53. The van der Waals surface area contributed by atoms with Gasteiger partial charge in [0, 0.05) is 11.8 Å². The Morgan fingerprint density at radius 1 is 1.29 bits per heavy atom. The second kappa shape index (κ2) is 7.32. The molecule has 0 radical (unpaired) electrons. The molecule has 0 fully saturated rings. The highest BCUT2D eigenvalue weighted by atomic mass is 19.3. The molecule has 0 aromatic heterocycles. The van der Waals surface area contributed by atoms with E-state index in [9.17, 15) is 18.4 Å². The minimum Gasteiger partial charge on any atom is -0.375 e. The minimum absolute atomic E-state index is 0.0237. The number of carbonyl (C=O) groups is 2. The average Bonchev–Trinajstić information content (AvgIpc) is 2.19. The van der Waals surface area contributed by atoms with Crippen LogP contribution in [0.5, 0.6) is 0 Å². The number of Topliss-reactive ketones (excluding diaryl/α,β-unsaturated/α-hetero) is 1. The van der Waals surface area contributed by atoms with Gasteiger partial charge in [-0.05, 0) is 0 Å². The zero-order valence-electron chi connectivity index (χ0n) is 10.4. The van der Waals surface area contributed by atoms with Crippen LogP contribution in [-0.2, 0) is 14.3 Å². The number of rotatable bonds is 7. The molecule has 0 unspecified atom stereocenters. The number of nitrogens with one attached hydrogen (secondary N) is 1. The first kappa shape index (κ1) is 16.0. The molecule has 0 spiro atoms. The Labute approximate surface area is 99.7 Å². The molecule has 0 atom stereocenters. The lowest BCUT2D eigenvalue weighted by molar-refractivity contribution is -0.129. The molecule has 1 N–H and O–H groups in total. The van der Waals surface area contributed by atoms with E-state index in [0.29, 0.717) is 0 Å². The molecule has 1 amide bonds. The summed E-state index contributed by atoms with van der Waals surface area (Å²) in [6, 6.07) is 0. The third-order valence-corrected chi connectivity index (χ3v) is 2.00. The molecular formula is C11H19F2NO3. The molecule has 100 valence electrons. The number of ketones is 1. The Morgan fingerprint density at radius 2 is 1.88 bits per heavy atom. The fraction of sp³-hybridized carbons (Fsp3) is 0.818. The Hall–Kier alpha value is -1.04. The van der Waals surface area contributed by atoms with Crippen LogP contribution in [0.4, 0.5) is 8.78 Å². The van der Waals surface area contributed by atoms with Gasteiger partial charge < -0.3 is 10.1 Å². The van der Waals surface area contributed by atoms with Crippen molar-refractivity contribution < 1.29 is 23.1 Å². The second-order valence-corrected chi connectivity index (χ2v) is 4.67. The van der Waals surface area contributed by atoms with Crippen molar-refractivity contribution >= 4 is 11.7 Å². The van der Waals surface area contributed by atoms with Gasteiger partial charge >= 0.3 is 0 Å². The predicted octanol–water partition coefficient (Wildman–Crippen LogP) is 1.39. The summed E-state index contributed by atoms with van der Waals surface area (Å²) in [5.41, 5.74) is -0.501. The van der Waals surface area contributed by atoms with Gasteiger partial charge in [0.1, 0.15) is 6.61 Å². The van der Waals surface area contributed by atoms with Crippen molar-refractivity contribution in [2.45, 2.75) is 33.6 Å². The maximum absolute atomic E-state index is 11.7. The lowest BCUT2D eigenvalue weighted by atomic mass is 9.91. The van der Waals surface area contributed by atoms with Crippen molar-refractivity contribution in [2.24, 2.45) is 5.41 Å². The second-order valence-electron chi connectivity index (χ2n) is 4.67. The number of ether oxygens (including phenoxy) is 1. The fourth-order valence-electron chi connectivity index (χ4n) is 0.870. The van der Waals surface area contributed by atoms with Gasteiger partial charge in [0.2, 0.25) is 5.91 Å². The quantitative estimate of drug-likeness (QED) is 0.696. The summed E-state index contributed by atoms with van der Waals surface area (Å²) in [5, 5.41) is 2.42. The molecule has 17 heavy (non-hydrogen) atoms. The van der Waals surface area contributed by atoms with Crippen LogP contribution >= 0.6 is 0 Å². The van der Waals surface area contributed by atoms with Crippen molar-refractivity contribution in [3.05, 3.63) is 0 Å². The van der Waals surface area contributed by atoms with E-state index >= 15 is 0 Å². The number of hydrogen-bond donors (Lipinski definition) is 1. The molecule has 0 aromatic carbocycles. The monoisotopic (exact) mass is 251 g/mol. The van der Waals surface area contributed by atoms with Crippen LogP contribution in [-0.4, -0.2) is 37.9 Å². The molecule has 0 aliphatic carbocycles. The first-order chi connectivity index (χ1) is 7.73. The Bertz CT molecular complexity index is 262. The lowest BCUT2D eigenvalue weighted by Gasteiger charge is -2.16. The van der Waals surface area contributed by atoms with Gasteiger partial charge in [0.05, 0.1) is 13.2 Å². The zero-order chi connectivity index (χ0) is 13.5. The van der Waals surface area contributed by atoms with E-state index < -0.39 is 18.4 Å². The van der Waals surface area contributed by atoms with E-state index in [0.717, 1.165) is 0 Å². The Kier molecular flexibility index (Phi) is 6.87. The van der Waals surface area contributed by atoms with E-state index in [1.165, 1.54) is 0 Å². The lowest BCUT2D eigenvalue weighted by Crippen LogP contribution is -2.35. The normalized spacial score (nSPS) is 11.6. The van der Waals surface area contributed by atoms with Crippen LogP contribution in [0.2, 0.25) is 0 Å². The Morgan fingerprint density at radius 3 is 2.35 bits per heavy atom. The van der Waals surface area contributed by atoms with Crippen LogP contribution in [0, 0.1) is 5.41 Å². The molecule has 0 aliphatic heterocycles. The summed E-state index contributed by atoms with van der Waals surface area (Å²) in [5.74, 6) is -0.462. The summed E-state index contributed by atoms with van der Waals surface area (Å²) in [4.78, 5) is 22.6. The molecule has 0 saturated heterocycles. The van der Waals surface area contributed by atoms with E-state index in [1.54, 1.807) is 20.8 Å². The van der Waals surface area contributed by atoms with Crippen LogP contribution in [0.15, 0.2) is 0 Å². The van der Waals surface area contributed by atoms with Crippen LogP contribution in [0.1, 0.15) is 27.2 Å². The summed E-state index contributed by atoms with van der Waals surface area (Å²) in [7, 11) is 0. The summed E-state index contributed by atoms with van der Waals surface area (Å²) < 4.78 is 27.9. The van der Waals surface area contributed by atoms with Gasteiger partial charge in [-0.25, -0.2) is 8.78 Å². The van der Waals surface area contributed by atoms with Gasteiger partial charge in [-0.2, -0.15) is 0 Å². The molecule has 4 nitrogen and oxygen atoms in total. The molecular weight excluding hydrogens is 232 g/mol. The maximum atomic E-state index is 11.7. The molecule has 0 saturated carbocycles. The maximum Gasteiger partial charge on any atom is 0.261 e. The number of alkyl halides is 2. The van der Waals surface area contributed by atoms with Gasteiger partial charge in [-0.1, -0.05) is 20.8 Å². The van der Waals surface area contributed by atoms with Gasteiger partial charge in [0.25, 0.3) is 6.43 Å². The summed E-state index contributed by atoms with van der Waals surface area (Å²) >= 11 is 0. The third-order valence-electron chi connectivity index (χ3n) is 2.00. The van der Waals surface area contributed by atoms with Crippen molar-refractivity contribution in [3.63, 3.8) is 0 Å². The first-order valence-electron chi connectivity index (χ1n) is 5.39. The highest BCUT2D eigenvalue weighted by Gasteiger charge is 2.21. The van der Waals surface area contributed by atoms with Crippen LogP contribution in [0.3, 0.4) is 0 Å². The summed E-state index contributed by atoms with van der Waals surface area (Å²) in [6.45, 7) is 4.49. The van der Waals surface area contributed by atoms with Crippen molar-refractivity contribution in [1.29, 1.82) is 0 Å². The SMILES string of the molecule is CC(C)(C)C(=O)CNC(=O)CCOCC(F)F. The standard InChI is InChI=1S/C11H19F2NO3/c1-11(2,3)8(15)6-14-10(16)4-5-17-7-9(12)13/h9H,4-7H2,1-3H3,(H,14,16). The van der Waals surface area contributed by atoms with E-state index in [-0.39, 0.29) is 31.3 Å². The van der Waals surface area contributed by atoms with Gasteiger partial charge in [0.15, 0.2) is 5.78 Å². The van der Waals surface area contributed by atoms with Crippen LogP contribution in [0.25, 0.3) is 0 Å².